The molecule has 2 N–H and O–H groups in total. The summed E-state index contributed by atoms with van der Waals surface area (Å²) < 4.78 is 36.0. The van der Waals surface area contributed by atoms with E-state index < -0.39 is 29.2 Å². The molecule has 0 aliphatic rings. The quantitative estimate of drug-likeness (QED) is 0.256. The minimum absolute atomic E-state index is 0.204. The molecular formula is C29H29N2O7S-. The highest BCUT2D eigenvalue weighted by molar-refractivity contribution is 7.80. The van der Waals surface area contributed by atoms with Crippen molar-refractivity contribution in [3.05, 3.63) is 77.6 Å². The van der Waals surface area contributed by atoms with Gasteiger partial charge in [0.25, 0.3) is 5.91 Å². The molecule has 4 aromatic rings. The molecule has 0 fully saturated rings. The van der Waals surface area contributed by atoms with Crippen LogP contribution in [0.2, 0.25) is 0 Å². The van der Waals surface area contributed by atoms with Gasteiger partial charge in [0.05, 0.1) is 12.5 Å². The minimum Gasteiger partial charge on any atom is -0.755 e. The van der Waals surface area contributed by atoms with Crippen molar-refractivity contribution in [2.24, 2.45) is 5.92 Å². The van der Waals surface area contributed by atoms with Gasteiger partial charge in [0.2, 0.25) is 0 Å². The van der Waals surface area contributed by atoms with Crippen LogP contribution in [0.15, 0.2) is 65.1 Å². The van der Waals surface area contributed by atoms with E-state index in [1.165, 1.54) is 0 Å². The molecule has 2 unspecified atom stereocenters. The fourth-order valence-electron chi connectivity index (χ4n) is 4.62. The van der Waals surface area contributed by atoms with Crippen LogP contribution >= 0.6 is 0 Å². The van der Waals surface area contributed by atoms with Crippen LogP contribution in [0, 0.1) is 19.8 Å². The van der Waals surface area contributed by atoms with Gasteiger partial charge in [-0.3, -0.25) is 13.3 Å². The van der Waals surface area contributed by atoms with E-state index in [1.807, 2.05) is 38.1 Å². The zero-order valence-electron chi connectivity index (χ0n) is 22.2. The van der Waals surface area contributed by atoms with E-state index in [0.29, 0.717) is 22.6 Å². The van der Waals surface area contributed by atoms with Gasteiger partial charge in [0.15, 0.2) is 5.76 Å². The number of aliphatic carboxylic acids is 1. The van der Waals surface area contributed by atoms with E-state index in [4.69, 9.17) is 9.15 Å². The SMILES string of the molecule is COc1c(C)ccc2oc(C(=O)Nc3ccc(-c4ccc(N(C(C(=O)O)C(C)C)S(=O)[O-])cc4)cc3)c(C)c12. The molecule has 0 aliphatic carbocycles. The van der Waals surface area contributed by atoms with E-state index in [-0.39, 0.29) is 17.4 Å². The summed E-state index contributed by atoms with van der Waals surface area (Å²) in [5, 5.41) is 13.2. The summed E-state index contributed by atoms with van der Waals surface area (Å²) in [5.41, 5.74) is 4.65. The molecule has 2 atom stereocenters. The number of methoxy groups -OCH3 is 1. The van der Waals surface area contributed by atoms with Gasteiger partial charge >= 0.3 is 5.97 Å². The van der Waals surface area contributed by atoms with E-state index >= 15 is 0 Å². The number of benzene rings is 3. The van der Waals surface area contributed by atoms with Crippen molar-refractivity contribution in [3.8, 4) is 16.9 Å². The third kappa shape index (κ3) is 5.52. The molecule has 0 spiro atoms. The summed E-state index contributed by atoms with van der Waals surface area (Å²) in [6.45, 7) is 7.05. The lowest BCUT2D eigenvalue weighted by Gasteiger charge is -2.34. The number of carbonyl (C=O) groups excluding carboxylic acids is 1. The molecule has 0 saturated carbocycles. The van der Waals surface area contributed by atoms with Crippen molar-refractivity contribution in [2.75, 3.05) is 16.7 Å². The Balaban J connectivity index is 1.53. The average Bonchev–Trinajstić information content (AvgIpc) is 3.23. The first-order chi connectivity index (χ1) is 18.5. The van der Waals surface area contributed by atoms with Crippen LogP contribution in [0.4, 0.5) is 11.4 Å². The summed E-state index contributed by atoms with van der Waals surface area (Å²) in [5.74, 6) is -1.16. The summed E-state index contributed by atoms with van der Waals surface area (Å²) >= 11 is -2.76. The number of amides is 1. The highest BCUT2D eigenvalue weighted by Gasteiger charge is 2.30. The van der Waals surface area contributed by atoms with Crippen molar-refractivity contribution >= 4 is 45.5 Å². The first-order valence-electron chi connectivity index (χ1n) is 12.2. The number of carboxylic acid groups (broad SMARTS) is 1. The van der Waals surface area contributed by atoms with Crippen LogP contribution < -0.4 is 14.4 Å². The molecule has 0 saturated heterocycles. The molecule has 1 amide bonds. The number of hydrogen-bond acceptors (Lipinski definition) is 6. The molecule has 1 aromatic heterocycles. The maximum atomic E-state index is 13.0. The van der Waals surface area contributed by atoms with Gasteiger partial charge in [-0.05, 0) is 66.8 Å². The van der Waals surface area contributed by atoms with Crippen LogP contribution in [-0.2, 0) is 16.1 Å². The Kier molecular flexibility index (Phi) is 8.08. The number of furan rings is 1. The van der Waals surface area contributed by atoms with Crippen LogP contribution in [0.3, 0.4) is 0 Å². The standard InChI is InChI=1S/C29H30N2O7S/c1-16(2)25(29(33)34)31(39(35)36)22-13-9-20(10-14-22)19-7-11-21(12-8-19)30-28(32)27-18(4)24-23(38-27)15-6-17(3)26(24)37-5/h6-16,25H,1-5H3,(H,30,32)(H,33,34)(H,35,36)/p-1. The number of carbonyl (C=O) groups is 2. The number of nitrogens with one attached hydrogen (secondary N) is 1. The van der Waals surface area contributed by atoms with Gasteiger partial charge in [0, 0.05) is 28.2 Å². The lowest BCUT2D eigenvalue weighted by atomic mass is 10.0. The Morgan fingerprint density at radius 1 is 1.00 bits per heavy atom. The monoisotopic (exact) mass is 549 g/mol. The predicted molar refractivity (Wildman–Crippen MR) is 150 cm³/mol. The fraction of sp³-hybridized carbons (Fsp3) is 0.241. The normalized spacial score (nSPS) is 12.8. The Hall–Kier alpha value is -4.15. The lowest BCUT2D eigenvalue weighted by Crippen LogP contribution is -2.45. The second kappa shape index (κ2) is 11.3. The van der Waals surface area contributed by atoms with Crippen LogP contribution in [0.25, 0.3) is 22.1 Å². The van der Waals surface area contributed by atoms with Crippen molar-refractivity contribution in [2.45, 2.75) is 33.7 Å². The Morgan fingerprint density at radius 2 is 1.59 bits per heavy atom. The van der Waals surface area contributed by atoms with E-state index in [2.05, 4.69) is 5.32 Å². The number of fused-ring (bicyclic) bond motifs is 1. The van der Waals surface area contributed by atoms with E-state index in [9.17, 15) is 23.5 Å². The third-order valence-corrected chi connectivity index (χ3v) is 7.31. The number of ether oxygens (including phenoxy) is 1. The third-order valence-electron chi connectivity index (χ3n) is 6.55. The largest absolute Gasteiger partial charge is 0.755 e. The first-order valence-corrected chi connectivity index (χ1v) is 13.3. The van der Waals surface area contributed by atoms with Gasteiger partial charge in [-0.15, -0.1) is 0 Å². The highest BCUT2D eigenvalue weighted by atomic mass is 32.2. The summed E-state index contributed by atoms with van der Waals surface area (Å²) in [6.07, 6.45) is 0. The molecule has 204 valence electrons. The first kappa shape index (κ1) is 27.9. The van der Waals surface area contributed by atoms with Gasteiger partial charge in [-0.1, -0.05) is 44.2 Å². The number of anilines is 2. The minimum atomic E-state index is -2.76. The summed E-state index contributed by atoms with van der Waals surface area (Å²) in [7, 11) is 1.59. The van der Waals surface area contributed by atoms with Gasteiger partial charge in [-0.2, -0.15) is 0 Å². The maximum Gasteiger partial charge on any atom is 0.327 e. The number of nitrogens with zero attached hydrogens (tertiary/aromatic N) is 1. The maximum absolute atomic E-state index is 13.0. The van der Waals surface area contributed by atoms with Gasteiger partial charge in [-0.25, -0.2) is 4.79 Å². The van der Waals surface area contributed by atoms with Crippen molar-refractivity contribution in [1.29, 1.82) is 0 Å². The summed E-state index contributed by atoms with van der Waals surface area (Å²) in [4.78, 5) is 24.7. The van der Waals surface area contributed by atoms with E-state index in [1.54, 1.807) is 57.4 Å². The molecule has 3 aromatic carbocycles. The van der Waals surface area contributed by atoms with Crippen molar-refractivity contribution < 1.29 is 32.6 Å². The average molecular weight is 550 g/mol. The van der Waals surface area contributed by atoms with E-state index in [0.717, 1.165) is 26.4 Å². The van der Waals surface area contributed by atoms with Crippen LogP contribution in [0.5, 0.6) is 5.75 Å². The summed E-state index contributed by atoms with van der Waals surface area (Å²) in [6, 6.07) is 16.2. The Bertz CT molecular complexity index is 1540. The number of carboxylic acids is 1. The Labute approximate surface area is 228 Å². The van der Waals surface area contributed by atoms with Crippen molar-refractivity contribution in [3.63, 3.8) is 0 Å². The van der Waals surface area contributed by atoms with Crippen LogP contribution in [-0.4, -0.2) is 38.9 Å². The van der Waals surface area contributed by atoms with Gasteiger partial charge in [0.1, 0.15) is 17.4 Å². The molecule has 0 aliphatic heterocycles. The number of rotatable bonds is 9. The fourth-order valence-corrected chi connectivity index (χ4v) is 5.43. The number of hydrogen-bond donors (Lipinski definition) is 2. The molecule has 4 rings (SSSR count). The molecule has 0 bridgehead atoms. The van der Waals surface area contributed by atoms with Crippen molar-refractivity contribution in [1.82, 2.24) is 0 Å². The Morgan fingerprint density at radius 3 is 2.10 bits per heavy atom. The smallest absolute Gasteiger partial charge is 0.327 e. The molecule has 0 radical (unpaired) electrons. The lowest BCUT2D eigenvalue weighted by molar-refractivity contribution is -0.139. The zero-order chi connectivity index (χ0) is 28.4. The topological polar surface area (TPSA) is 132 Å². The molecule has 9 nitrogen and oxygen atoms in total. The predicted octanol–water partition coefficient (Wildman–Crippen LogP) is 5.69. The number of aryl methyl sites for hydroxylation is 2. The van der Waals surface area contributed by atoms with Gasteiger partial charge < -0.3 is 24.1 Å². The second-order valence-electron chi connectivity index (χ2n) is 9.49. The highest BCUT2D eigenvalue weighted by Crippen LogP contribution is 2.36. The second-order valence-corrected chi connectivity index (χ2v) is 10.3. The molecular weight excluding hydrogens is 520 g/mol. The zero-order valence-corrected chi connectivity index (χ0v) is 23.0. The molecule has 10 heteroatoms. The molecule has 39 heavy (non-hydrogen) atoms. The van der Waals surface area contributed by atoms with Crippen LogP contribution in [0.1, 0.15) is 35.5 Å². The molecule has 1 heterocycles.